The Morgan fingerprint density at radius 1 is 1.19 bits per heavy atom. The molecule has 0 saturated heterocycles. The van der Waals surface area contributed by atoms with Crippen molar-refractivity contribution in [2.24, 2.45) is 5.41 Å². The van der Waals surface area contributed by atoms with Crippen LogP contribution in [-0.2, 0) is 0 Å². The standard InChI is InChI=1S/C14H28N2/c1-3-16(2)12-14(9-5-4-6-10-14)11-15-13-7-8-13/h13,15H,3-12H2,1-2H3. The van der Waals surface area contributed by atoms with E-state index in [4.69, 9.17) is 0 Å². The van der Waals surface area contributed by atoms with Gasteiger partial charge in [-0.1, -0.05) is 26.2 Å². The minimum absolute atomic E-state index is 0.589. The van der Waals surface area contributed by atoms with Gasteiger partial charge in [-0.25, -0.2) is 0 Å². The van der Waals surface area contributed by atoms with E-state index >= 15 is 0 Å². The normalized spacial score (nSPS) is 24.9. The quantitative estimate of drug-likeness (QED) is 0.746. The predicted octanol–water partition coefficient (Wildman–Crippen LogP) is 2.64. The van der Waals surface area contributed by atoms with Crippen LogP contribution >= 0.6 is 0 Å². The summed E-state index contributed by atoms with van der Waals surface area (Å²) in [6, 6.07) is 0.866. The molecule has 2 aliphatic rings. The van der Waals surface area contributed by atoms with Gasteiger partial charge in [-0.05, 0) is 44.7 Å². The maximum absolute atomic E-state index is 3.77. The van der Waals surface area contributed by atoms with Crippen LogP contribution in [0.5, 0.6) is 0 Å². The van der Waals surface area contributed by atoms with E-state index < -0.39 is 0 Å². The van der Waals surface area contributed by atoms with Crippen molar-refractivity contribution in [1.82, 2.24) is 10.2 Å². The second-order valence-corrected chi connectivity index (χ2v) is 6.05. The third-order valence-corrected chi connectivity index (χ3v) is 4.40. The SMILES string of the molecule is CCN(C)CC1(CNC2CC2)CCCCC1. The molecule has 94 valence electrons. The Balaban J connectivity index is 1.86. The molecule has 0 amide bonds. The van der Waals surface area contributed by atoms with Gasteiger partial charge in [-0.2, -0.15) is 0 Å². The van der Waals surface area contributed by atoms with Crippen LogP contribution in [0.2, 0.25) is 0 Å². The van der Waals surface area contributed by atoms with Gasteiger partial charge in [0.2, 0.25) is 0 Å². The lowest BCUT2D eigenvalue weighted by Gasteiger charge is -2.40. The molecule has 0 aromatic rings. The smallest absolute Gasteiger partial charge is 0.00684 e. The summed E-state index contributed by atoms with van der Waals surface area (Å²) in [5, 5.41) is 3.77. The number of rotatable bonds is 6. The van der Waals surface area contributed by atoms with Crippen LogP contribution in [-0.4, -0.2) is 37.6 Å². The molecule has 1 N–H and O–H groups in total. The highest BCUT2D eigenvalue weighted by molar-refractivity contribution is 4.91. The minimum Gasteiger partial charge on any atom is -0.313 e. The zero-order valence-corrected chi connectivity index (χ0v) is 11.1. The molecule has 0 heterocycles. The summed E-state index contributed by atoms with van der Waals surface area (Å²) >= 11 is 0. The number of hydrogen-bond acceptors (Lipinski definition) is 2. The molecule has 0 aromatic heterocycles. The second kappa shape index (κ2) is 5.50. The molecule has 2 saturated carbocycles. The Labute approximate surface area is 101 Å². The molecular weight excluding hydrogens is 196 g/mol. The molecule has 2 nitrogen and oxygen atoms in total. The average Bonchev–Trinajstić information content (AvgIpc) is 3.11. The summed E-state index contributed by atoms with van der Waals surface area (Å²) < 4.78 is 0. The lowest BCUT2D eigenvalue weighted by molar-refractivity contribution is 0.120. The second-order valence-electron chi connectivity index (χ2n) is 6.05. The number of nitrogens with one attached hydrogen (secondary N) is 1. The van der Waals surface area contributed by atoms with Gasteiger partial charge in [0.1, 0.15) is 0 Å². The van der Waals surface area contributed by atoms with E-state index in [0.29, 0.717) is 5.41 Å². The van der Waals surface area contributed by atoms with E-state index in [9.17, 15) is 0 Å². The molecule has 0 bridgehead atoms. The summed E-state index contributed by atoms with van der Waals surface area (Å²) in [5.41, 5.74) is 0.589. The first kappa shape index (κ1) is 12.4. The van der Waals surface area contributed by atoms with Gasteiger partial charge in [0.05, 0.1) is 0 Å². The van der Waals surface area contributed by atoms with Crippen molar-refractivity contribution in [2.45, 2.75) is 57.9 Å². The highest BCUT2D eigenvalue weighted by Gasteiger charge is 2.34. The van der Waals surface area contributed by atoms with Gasteiger partial charge in [0.15, 0.2) is 0 Å². The zero-order chi connectivity index (χ0) is 11.4. The van der Waals surface area contributed by atoms with Crippen LogP contribution in [0.15, 0.2) is 0 Å². The van der Waals surface area contributed by atoms with Crippen molar-refractivity contribution >= 4 is 0 Å². The van der Waals surface area contributed by atoms with Crippen molar-refractivity contribution in [3.8, 4) is 0 Å². The van der Waals surface area contributed by atoms with Crippen molar-refractivity contribution in [1.29, 1.82) is 0 Å². The molecule has 0 aromatic carbocycles. The van der Waals surface area contributed by atoms with Crippen molar-refractivity contribution in [3.05, 3.63) is 0 Å². The van der Waals surface area contributed by atoms with Crippen LogP contribution in [0, 0.1) is 5.41 Å². The molecule has 0 atom stereocenters. The van der Waals surface area contributed by atoms with E-state index in [-0.39, 0.29) is 0 Å². The fraction of sp³-hybridized carbons (Fsp3) is 1.00. The van der Waals surface area contributed by atoms with Crippen molar-refractivity contribution in [3.63, 3.8) is 0 Å². The molecule has 0 radical (unpaired) electrons. The summed E-state index contributed by atoms with van der Waals surface area (Å²) in [5.74, 6) is 0. The highest BCUT2D eigenvalue weighted by atomic mass is 15.1. The largest absolute Gasteiger partial charge is 0.313 e. The van der Waals surface area contributed by atoms with E-state index in [1.165, 1.54) is 64.6 Å². The summed E-state index contributed by atoms with van der Waals surface area (Å²) in [6.07, 6.45) is 10.1. The first-order valence-corrected chi connectivity index (χ1v) is 7.16. The molecule has 0 spiro atoms. The van der Waals surface area contributed by atoms with E-state index in [2.05, 4.69) is 24.2 Å². The van der Waals surface area contributed by atoms with E-state index in [1.807, 2.05) is 0 Å². The lowest BCUT2D eigenvalue weighted by atomic mass is 9.73. The summed E-state index contributed by atoms with van der Waals surface area (Å²) in [6.45, 7) is 6.02. The first-order valence-electron chi connectivity index (χ1n) is 7.16. The highest BCUT2D eigenvalue weighted by Crippen LogP contribution is 2.37. The minimum atomic E-state index is 0.589. The molecule has 16 heavy (non-hydrogen) atoms. The summed E-state index contributed by atoms with van der Waals surface area (Å²) in [4.78, 5) is 2.50. The Morgan fingerprint density at radius 3 is 2.44 bits per heavy atom. The van der Waals surface area contributed by atoms with Gasteiger partial charge < -0.3 is 10.2 Å². The first-order chi connectivity index (χ1) is 7.74. The zero-order valence-electron chi connectivity index (χ0n) is 11.1. The van der Waals surface area contributed by atoms with Crippen LogP contribution in [0.25, 0.3) is 0 Å². The summed E-state index contributed by atoms with van der Waals surface area (Å²) in [7, 11) is 2.27. The van der Waals surface area contributed by atoms with Gasteiger partial charge >= 0.3 is 0 Å². The average molecular weight is 224 g/mol. The molecular formula is C14H28N2. The molecule has 2 heteroatoms. The topological polar surface area (TPSA) is 15.3 Å². The van der Waals surface area contributed by atoms with Crippen LogP contribution in [0.4, 0.5) is 0 Å². The number of nitrogens with zero attached hydrogens (tertiary/aromatic N) is 1. The van der Waals surface area contributed by atoms with Crippen molar-refractivity contribution < 1.29 is 0 Å². The van der Waals surface area contributed by atoms with Crippen molar-refractivity contribution in [2.75, 3.05) is 26.7 Å². The Morgan fingerprint density at radius 2 is 1.88 bits per heavy atom. The third kappa shape index (κ3) is 3.46. The fourth-order valence-corrected chi connectivity index (χ4v) is 3.03. The van der Waals surface area contributed by atoms with Gasteiger partial charge in [-0.15, -0.1) is 0 Å². The van der Waals surface area contributed by atoms with E-state index in [1.54, 1.807) is 0 Å². The molecule has 0 unspecified atom stereocenters. The van der Waals surface area contributed by atoms with E-state index in [0.717, 1.165) is 6.04 Å². The Hall–Kier alpha value is -0.0800. The lowest BCUT2D eigenvalue weighted by Crippen LogP contribution is -2.44. The molecule has 2 fully saturated rings. The van der Waals surface area contributed by atoms with Gasteiger partial charge in [-0.3, -0.25) is 0 Å². The molecule has 0 aliphatic heterocycles. The third-order valence-electron chi connectivity index (χ3n) is 4.40. The molecule has 2 rings (SSSR count). The van der Waals surface area contributed by atoms with Crippen LogP contribution in [0.1, 0.15) is 51.9 Å². The maximum Gasteiger partial charge on any atom is 0.00684 e. The monoisotopic (exact) mass is 224 g/mol. The van der Waals surface area contributed by atoms with Crippen LogP contribution < -0.4 is 5.32 Å². The van der Waals surface area contributed by atoms with Crippen LogP contribution in [0.3, 0.4) is 0 Å². The maximum atomic E-state index is 3.77. The predicted molar refractivity (Wildman–Crippen MR) is 69.7 cm³/mol. The van der Waals surface area contributed by atoms with Gasteiger partial charge in [0, 0.05) is 19.1 Å². The Bertz CT molecular complexity index is 205. The number of hydrogen-bond donors (Lipinski definition) is 1. The molecule has 2 aliphatic carbocycles. The van der Waals surface area contributed by atoms with Gasteiger partial charge in [0.25, 0.3) is 0 Å². The Kier molecular flexibility index (Phi) is 4.26. The fourth-order valence-electron chi connectivity index (χ4n) is 3.03.